The number of nitrogens with zero attached hydrogens (tertiary/aromatic N) is 3. The highest BCUT2D eigenvalue weighted by Gasteiger charge is 2.20. The molecule has 7 heteroatoms. The van der Waals surface area contributed by atoms with E-state index in [0.29, 0.717) is 23.1 Å². The van der Waals surface area contributed by atoms with Crippen LogP contribution in [0.4, 0.5) is 0 Å². The van der Waals surface area contributed by atoms with Gasteiger partial charge in [0.25, 0.3) is 0 Å². The van der Waals surface area contributed by atoms with Crippen molar-refractivity contribution in [2.24, 2.45) is 5.92 Å². The summed E-state index contributed by atoms with van der Waals surface area (Å²) in [5, 5.41) is 0. The number of aromatic nitrogens is 5. The summed E-state index contributed by atoms with van der Waals surface area (Å²) in [4.78, 5) is 30.6. The molecule has 0 aliphatic heterocycles. The maximum atomic E-state index is 11.6. The lowest BCUT2D eigenvalue weighted by Crippen LogP contribution is -2.12. The second-order valence-corrected chi connectivity index (χ2v) is 6.59. The molecule has 0 bridgehead atoms. The van der Waals surface area contributed by atoms with E-state index in [9.17, 15) is 4.79 Å². The number of H-pyrrole nitrogens is 2. The van der Waals surface area contributed by atoms with Gasteiger partial charge in [0.1, 0.15) is 0 Å². The Hall–Kier alpha value is -2.70. The van der Waals surface area contributed by atoms with E-state index in [-0.39, 0.29) is 5.69 Å². The monoisotopic (exact) mass is 339 g/mol. The molecule has 0 unspecified atom stereocenters. The summed E-state index contributed by atoms with van der Waals surface area (Å²) in [5.41, 5.74) is 3.30. The number of rotatable bonds is 4. The van der Waals surface area contributed by atoms with Crippen LogP contribution in [0.25, 0.3) is 22.6 Å². The molecule has 3 aromatic rings. The second-order valence-electron chi connectivity index (χ2n) is 6.59. The van der Waals surface area contributed by atoms with Gasteiger partial charge in [0.05, 0.1) is 18.5 Å². The minimum Gasteiger partial charge on any atom is -0.481 e. The molecule has 2 N–H and O–H groups in total. The maximum Gasteiger partial charge on any atom is 0.326 e. The van der Waals surface area contributed by atoms with Crippen LogP contribution in [-0.4, -0.2) is 32.0 Å². The van der Waals surface area contributed by atoms with Crippen LogP contribution in [0.15, 0.2) is 23.1 Å². The molecule has 0 amide bonds. The number of fused-ring (bicyclic) bond motifs is 1. The van der Waals surface area contributed by atoms with E-state index in [4.69, 9.17) is 9.72 Å². The molecule has 3 aromatic heterocycles. The molecule has 3 heterocycles. The van der Waals surface area contributed by atoms with Crippen molar-refractivity contribution >= 4 is 11.3 Å². The highest BCUT2D eigenvalue weighted by Crippen LogP contribution is 2.31. The van der Waals surface area contributed by atoms with Crippen molar-refractivity contribution in [1.29, 1.82) is 0 Å². The predicted octanol–water partition coefficient (Wildman–Crippen LogP) is 2.84. The van der Waals surface area contributed by atoms with Crippen molar-refractivity contribution in [3.05, 3.63) is 34.5 Å². The van der Waals surface area contributed by atoms with E-state index >= 15 is 0 Å². The molecule has 0 spiro atoms. The van der Waals surface area contributed by atoms with Crippen LogP contribution in [0.5, 0.6) is 5.88 Å². The van der Waals surface area contributed by atoms with Gasteiger partial charge >= 0.3 is 5.69 Å². The molecule has 0 radical (unpaired) electrons. The number of methoxy groups -OCH3 is 1. The molecule has 1 aliphatic carbocycles. The summed E-state index contributed by atoms with van der Waals surface area (Å²) in [6, 6.07) is 3.75. The fraction of sp³-hybridized carbons (Fsp3) is 0.444. The number of hydrogen-bond donors (Lipinski definition) is 2. The standard InChI is InChI=1S/C18H21N5O2/c1-25-14-10-12(7-8-19-14)15-13(9-11-5-3-2-4-6-11)20-16-17(21-15)23-18(24)22-16/h7-8,10-11H,2-6,9H2,1H3,(H2,20,21,22,23,24). The lowest BCUT2D eigenvalue weighted by molar-refractivity contribution is 0.354. The van der Waals surface area contributed by atoms with Crippen LogP contribution in [0.3, 0.4) is 0 Å². The average molecular weight is 339 g/mol. The van der Waals surface area contributed by atoms with Crippen LogP contribution in [0.1, 0.15) is 37.8 Å². The van der Waals surface area contributed by atoms with Gasteiger partial charge in [0.2, 0.25) is 5.88 Å². The Kier molecular flexibility index (Phi) is 4.21. The topological polar surface area (TPSA) is 96.5 Å². The van der Waals surface area contributed by atoms with E-state index in [1.54, 1.807) is 13.3 Å². The molecular formula is C18H21N5O2. The van der Waals surface area contributed by atoms with E-state index in [2.05, 4.69) is 19.9 Å². The molecule has 0 atom stereocenters. The summed E-state index contributed by atoms with van der Waals surface area (Å²) in [7, 11) is 1.59. The maximum absolute atomic E-state index is 11.6. The first-order valence-corrected chi connectivity index (χ1v) is 8.72. The third-order valence-electron chi connectivity index (χ3n) is 4.86. The zero-order valence-corrected chi connectivity index (χ0v) is 14.2. The lowest BCUT2D eigenvalue weighted by atomic mass is 9.85. The first-order chi connectivity index (χ1) is 12.2. The fourth-order valence-electron chi connectivity index (χ4n) is 3.60. The molecule has 7 nitrogen and oxygen atoms in total. The van der Waals surface area contributed by atoms with Crippen LogP contribution < -0.4 is 10.4 Å². The van der Waals surface area contributed by atoms with Crippen LogP contribution in [0.2, 0.25) is 0 Å². The zero-order valence-electron chi connectivity index (χ0n) is 14.2. The van der Waals surface area contributed by atoms with E-state index in [1.165, 1.54) is 32.1 Å². The Bertz CT molecular complexity index is 940. The lowest BCUT2D eigenvalue weighted by Gasteiger charge is -2.22. The Balaban J connectivity index is 1.81. The summed E-state index contributed by atoms with van der Waals surface area (Å²) < 4.78 is 5.23. The smallest absolute Gasteiger partial charge is 0.326 e. The fourth-order valence-corrected chi connectivity index (χ4v) is 3.60. The minimum atomic E-state index is -0.289. The Labute approximate surface area is 144 Å². The number of aromatic amines is 2. The van der Waals surface area contributed by atoms with Gasteiger partial charge in [0, 0.05) is 17.8 Å². The molecule has 1 fully saturated rings. The van der Waals surface area contributed by atoms with Gasteiger partial charge < -0.3 is 4.74 Å². The van der Waals surface area contributed by atoms with E-state index < -0.39 is 0 Å². The van der Waals surface area contributed by atoms with Crippen LogP contribution in [0, 0.1) is 5.92 Å². The zero-order chi connectivity index (χ0) is 17.2. The number of pyridine rings is 1. The summed E-state index contributed by atoms with van der Waals surface area (Å²) >= 11 is 0. The van der Waals surface area contributed by atoms with Crippen molar-refractivity contribution in [2.45, 2.75) is 38.5 Å². The number of hydrogen-bond acceptors (Lipinski definition) is 5. The van der Waals surface area contributed by atoms with Gasteiger partial charge in [-0.05, 0) is 18.4 Å². The van der Waals surface area contributed by atoms with Crippen molar-refractivity contribution in [1.82, 2.24) is 24.9 Å². The van der Waals surface area contributed by atoms with Crippen molar-refractivity contribution in [2.75, 3.05) is 7.11 Å². The first kappa shape index (κ1) is 15.8. The van der Waals surface area contributed by atoms with Crippen molar-refractivity contribution in [3.8, 4) is 17.1 Å². The molecular weight excluding hydrogens is 318 g/mol. The highest BCUT2D eigenvalue weighted by atomic mass is 16.5. The Morgan fingerprint density at radius 1 is 1.16 bits per heavy atom. The molecule has 130 valence electrons. The predicted molar refractivity (Wildman–Crippen MR) is 94.6 cm³/mol. The van der Waals surface area contributed by atoms with Gasteiger partial charge in [-0.15, -0.1) is 0 Å². The normalized spacial score (nSPS) is 15.6. The molecule has 0 saturated heterocycles. The third-order valence-corrected chi connectivity index (χ3v) is 4.86. The van der Waals surface area contributed by atoms with E-state index in [1.807, 2.05) is 12.1 Å². The van der Waals surface area contributed by atoms with Crippen LogP contribution in [-0.2, 0) is 6.42 Å². The largest absolute Gasteiger partial charge is 0.481 e. The van der Waals surface area contributed by atoms with Crippen LogP contribution >= 0.6 is 0 Å². The first-order valence-electron chi connectivity index (χ1n) is 8.72. The number of imidazole rings is 1. The Morgan fingerprint density at radius 2 is 1.92 bits per heavy atom. The quantitative estimate of drug-likeness (QED) is 0.762. The summed E-state index contributed by atoms with van der Waals surface area (Å²) in [6.07, 6.45) is 8.89. The molecule has 1 saturated carbocycles. The summed E-state index contributed by atoms with van der Waals surface area (Å²) in [5.74, 6) is 1.15. The number of nitrogens with one attached hydrogen (secondary N) is 2. The second kappa shape index (κ2) is 6.66. The van der Waals surface area contributed by atoms with E-state index in [0.717, 1.165) is 23.4 Å². The van der Waals surface area contributed by atoms with Gasteiger partial charge in [-0.1, -0.05) is 32.1 Å². The van der Waals surface area contributed by atoms with Gasteiger partial charge in [-0.3, -0.25) is 9.97 Å². The van der Waals surface area contributed by atoms with Gasteiger partial charge in [-0.25, -0.2) is 19.7 Å². The van der Waals surface area contributed by atoms with Crippen molar-refractivity contribution in [3.63, 3.8) is 0 Å². The molecule has 1 aliphatic rings. The van der Waals surface area contributed by atoms with Crippen molar-refractivity contribution < 1.29 is 4.74 Å². The Morgan fingerprint density at radius 3 is 2.68 bits per heavy atom. The average Bonchev–Trinajstić information content (AvgIpc) is 3.01. The SMILES string of the molecule is COc1cc(-c2nc3[nH]c(=O)[nH]c3nc2CC2CCCCC2)ccn1. The number of ether oxygens (including phenoxy) is 1. The highest BCUT2D eigenvalue weighted by molar-refractivity contribution is 5.72. The third kappa shape index (κ3) is 3.26. The summed E-state index contributed by atoms with van der Waals surface area (Å²) in [6.45, 7) is 0. The minimum absolute atomic E-state index is 0.289. The van der Waals surface area contributed by atoms with Gasteiger partial charge in [-0.2, -0.15) is 0 Å². The van der Waals surface area contributed by atoms with Gasteiger partial charge in [0.15, 0.2) is 11.3 Å². The molecule has 4 rings (SSSR count). The molecule has 0 aromatic carbocycles. The molecule has 25 heavy (non-hydrogen) atoms.